The van der Waals surface area contributed by atoms with Gasteiger partial charge in [-0.3, -0.25) is 0 Å². The summed E-state index contributed by atoms with van der Waals surface area (Å²) >= 11 is 7.68. The second-order valence-electron chi connectivity index (χ2n) is 4.71. The van der Waals surface area contributed by atoms with E-state index < -0.39 is 0 Å². The van der Waals surface area contributed by atoms with E-state index in [0.717, 1.165) is 26.6 Å². The Hall–Kier alpha value is -1.85. The summed E-state index contributed by atoms with van der Waals surface area (Å²) in [5.74, 6) is 1.46. The van der Waals surface area contributed by atoms with E-state index in [9.17, 15) is 0 Å². The smallest absolute Gasteiger partial charge is 0.225 e. The maximum atomic E-state index is 6.01. The van der Waals surface area contributed by atoms with Gasteiger partial charge >= 0.3 is 0 Å². The zero-order valence-corrected chi connectivity index (χ0v) is 13.3. The lowest BCUT2D eigenvalue weighted by atomic mass is 10.2. The van der Waals surface area contributed by atoms with Gasteiger partial charge in [0.25, 0.3) is 0 Å². The highest BCUT2D eigenvalue weighted by Gasteiger charge is 2.09. The summed E-state index contributed by atoms with van der Waals surface area (Å²) < 4.78 is 0. The molecule has 0 unspecified atom stereocenters. The minimum Gasteiger partial charge on any atom is -0.365 e. The molecule has 0 saturated carbocycles. The van der Waals surface area contributed by atoms with Gasteiger partial charge < -0.3 is 10.6 Å². The van der Waals surface area contributed by atoms with Crippen LogP contribution in [0.15, 0.2) is 30.3 Å². The van der Waals surface area contributed by atoms with Crippen molar-refractivity contribution in [2.75, 3.05) is 17.7 Å². The number of aromatic nitrogens is 2. The van der Waals surface area contributed by atoms with Crippen molar-refractivity contribution in [3.8, 4) is 0 Å². The molecule has 0 saturated heterocycles. The van der Waals surface area contributed by atoms with Crippen molar-refractivity contribution < 1.29 is 0 Å². The van der Waals surface area contributed by atoms with Gasteiger partial charge in [0.15, 0.2) is 0 Å². The van der Waals surface area contributed by atoms with Crippen molar-refractivity contribution in [3.05, 3.63) is 45.8 Å². The Morgan fingerprint density at radius 2 is 2.10 bits per heavy atom. The molecular formula is C15H15ClN4S. The lowest BCUT2D eigenvalue weighted by Crippen LogP contribution is -2.04. The average Bonchev–Trinajstić information content (AvgIpc) is 2.85. The molecule has 2 aromatic heterocycles. The Bertz CT molecular complexity index is 784. The number of rotatable bonds is 4. The number of halogens is 1. The van der Waals surface area contributed by atoms with Gasteiger partial charge in [-0.15, -0.1) is 11.3 Å². The molecule has 0 aliphatic heterocycles. The number of aryl methyl sites for hydroxylation is 1. The highest BCUT2D eigenvalue weighted by molar-refractivity contribution is 7.18. The van der Waals surface area contributed by atoms with Crippen molar-refractivity contribution in [1.29, 1.82) is 0 Å². The van der Waals surface area contributed by atoms with Gasteiger partial charge in [0, 0.05) is 23.5 Å². The molecule has 0 radical (unpaired) electrons. The van der Waals surface area contributed by atoms with E-state index in [-0.39, 0.29) is 0 Å². The molecule has 2 heterocycles. The second kappa shape index (κ2) is 5.87. The number of benzene rings is 1. The molecule has 6 heteroatoms. The molecule has 0 fully saturated rings. The summed E-state index contributed by atoms with van der Waals surface area (Å²) in [7, 11) is 1.82. The molecule has 3 rings (SSSR count). The molecule has 0 amide bonds. The fraction of sp³-hybridized carbons (Fsp3) is 0.200. The van der Waals surface area contributed by atoms with Crippen LogP contribution in [0.1, 0.15) is 10.4 Å². The van der Waals surface area contributed by atoms with E-state index in [0.29, 0.717) is 12.5 Å². The van der Waals surface area contributed by atoms with E-state index in [1.165, 1.54) is 4.88 Å². The van der Waals surface area contributed by atoms with Crippen molar-refractivity contribution >= 4 is 44.9 Å². The van der Waals surface area contributed by atoms with Crippen LogP contribution in [0.25, 0.3) is 10.2 Å². The largest absolute Gasteiger partial charge is 0.365 e. The predicted molar refractivity (Wildman–Crippen MR) is 90.5 cm³/mol. The standard InChI is InChI=1S/C15H15ClN4S/c1-9-6-12-13(19-15(17-2)20-14(12)21-9)18-8-10-4-3-5-11(16)7-10/h3-7H,8H2,1-2H3,(H2,17,18,19,20). The third-order valence-corrected chi connectivity index (χ3v) is 4.27. The van der Waals surface area contributed by atoms with Gasteiger partial charge in [0.1, 0.15) is 10.6 Å². The van der Waals surface area contributed by atoms with Crippen LogP contribution in [-0.4, -0.2) is 17.0 Å². The minimum absolute atomic E-state index is 0.623. The second-order valence-corrected chi connectivity index (χ2v) is 6.38. The third-order valence-electron chi connectivity index (χ3n) is 3.09. The van der Waals surface area contributed by atoms with Crippen molar-refractivity contribution in [2.24, 2.45) is 0 Å². The number of thiophene rings is 1. The summed E-state index contributed by atoms with van der Waals surface area (Å²) in [4.78, 5) is 11.2. The van der Waals surface area contributed by atoms with Gasteiger partial charge in [0.2, 0.25) is 5.95 Å². The van der Waals surface area contributed by atoms with Gasteiger partial charge in [-0.05, 0) is 30.7 Å². The summed E-state index contributed by atoms with van der Waals surface area (Å²) in [6.45, 7) is 2.75. The van der Waals surface area contributed by atoms with Gasteiger partial charge in [-0.2, -0.15) is 4.98 Å². The van der Waals surface area contributed by atoms with Gasteiger partial charge in [-0.25, -0.2) is 4.98 Å². The van der Waals surface area contributed by atoms with Crippen LogP contribution in [0.2, 0.25) is 5.02 Å². The maximum absolute atomic E-state index is 6.01. The minimum atomic E-state index is 0.623. The summed E-state index contributed by atoms with van der Waals surface area (Å²) in [5, 5.41) is 8.17. The van der Waals surface area contributed by atoms with Gasteiger partial charge in [-0.1, -0.05) is 23.7 Å². The van der Waals surface area contributed by atoms with Crippen LogP contribution in [0.5, 0.6) is 0 Å². The SMILES string of the molecule is CNc1nc(NCc2cccc(Cl)c2)c2cc(C)sc2n1. The molecule has 0 atom stereocenters. The van der Waals surface area contributed by atoms with Crippen LogP contribution in [0.4, 0.5) is 11.8 Å². The number of nitrogens with zero attached hydrogens (tertiary/aromatic N) is 2. The molecule has 0 bridgehead atoms. The monoisotopic (exact) mass is 318 g/mol. The molecular weight excluding hydrogens is 304 g/mol. The summed E-state index contributed by atoms with van der Waals surface area (Å²) in [6.07, 6.45) is 0. The molecule has 0 aliphatic rings. The normalized spacial score (nSPS) is 10.8. The Labute approximate surface area is 132 Å². The molecule has 0 spiro atoms. The molecule has 108 valence electrons. The Morgan fingerprint density at radius 3 is 2.86 bits per heavy atom. The first-order valence-electron chi connectivity index (χ1n) is 6.60. The van der Waals surface area contributed by atoms with Crippen molar-refractivity contribution in [1.82, 2.24) is 9.97 Å². The Kier molecular flexibility index (Phi) is 3.94. The molecule has 21 heavy (non-hydrogen) atoms. The number of hydrogen-bond donors (Lipinski definition) is 2. The quantitative estimate of drug-likeness (QED) is 0.752. The topological polar surface area (TPSA) is 49.8 Å². The van der Waals surface area contributed by atoms with Crippen molar-refractivity contribution in [3.63, 3.8) is 0 Å². The zero-order chi connectivity index (χ0) is 14.8. The highest BCUT2D eigenvalue weighted by Crippen LogP contribution is 2.29. The van der Waals surface area contributed by atoms with Gasteiger partial charge in [0.05, 0.1) is 5.39 Å². The summed E-state index contributed by atoms with van der Waals surface area (Å²) in [6, 6.07) is 9.91. The molecule has 2 N–H and O–H groups in total. The molecule has 3 aromatic rings. The summed E-state index contributed by atoms with van der Waals surface area (Å²) in [5.41, 5.74) is 1.12. The lowest BCUT2D eigenvalue weighted by Gasteiger charge is -2.09. The molecule has 0 aliphatic carbocycles. The third kappa shape index (κ3) is 3.09. The van der Waals surface area contributed by atoms with E-state index in [1.807, 2.05) is 31.3 Å². The van der Waals surface area contributed by atoms with E-state index in [4.69, 9.17) is 11.6 Å². The number of anilines is 2. The molecule has 4 nitrogen and oxygen atoms in total. The van der Waals surface area contributed by atoms with Crippen LogP contribution in [0.3, 0.4) is 0 Å². The first-order valence-corrected chi connectivity index (χ1v) is 7.79. The predicted octanol–water partition coefficient (Wildman–Crippen LogP) is 4.31. The highest BCUT2D eigenvalue weighted by atomic mass is 35.5. The van der Waals surface area contributed by atoms with Crippen LogP contribution in [0, 0.1) is 6.92 Å². The van der Waals surface area contributed by atoms with Crippen LogP contribution in [-0.2, 0) is 6.54 Å². The fourth-order valence-corrected chi connectivity index (χ4v) is 3.21. The first kappa shape index (κ1) is 14.1. The average molecular weight is 319 g/mol. The molecule has 1 aromatic carbocycles. The fourth-order valence-electron chi connectivity index (χ4n) is 2.12. The first-order chi connectivity index (χ1) is 10.2. The van der Waals surface area contributed by atoms with Crippen LogP contribution < -0.4 is 10.6 Å². The Morgan fingerprint density at radius 1 is 1.24 bits per heavy atom. The number of hydrogen-bond acceptors (Lipinski definition) is 5. The van der Waals surface area contributed by atoms with E-state index >= 15 is 0 Å². The van der Waals surface area contributed by atoms with E-state index in [1.54, 1.807) is 11.3 Å². The Balaban J connectivity index is 1.92. The van der Waals surface area contributed by atoms with E-state index in [2.05, 4.69) is 33.6 Å². The van der Waals surface area contributed by atoms with Crippen molar-refractivity contribution in [2.45, 2.75) is 13.5 Å². The maximum Gasteiger partial charge on any atom is 0.225 e. The van der Waals surface area contributed by atoms with Crippen LogP contribution >= 0.6 is 22.9 Å². The lowest BCUT2D eigenvalue weighted by molar-refractivity contribution is 1.10. The number of nitrogens with one attached hydrogen (secondary N) is 2. The number of fused-ring (bicyclic) bond motifs is 1. The zero-order valence-electron chi connectivity index (χ0n) is 11.8.